The molecule has 3 aromatic rings. The summed E-state index contributed by atoms with van der Waals surface area (Å²) in [7, 11) is 0. The highest BCUT2D eigenvalue weighted by atomic mass is 32.1. The number of para-hydroxylation sites is 2. The van der Waals surface area contributed by atoms with Crippen LogP contribution in [-0.2, 0) is 17.9 Å². The zero-order valence-corrected chi connectivity index (χ0v) is 12.3. The molecule has 1 N–H and O–H groups in total. The predicted octanol–water partition coefficient (Wildman–Crippen LogP) is 2.35. The molecule has 1 aliphatic heterocycles. The molecule has 6 heteroatoms. The molecule has 4 rings (SSSR count). The summed E-state index contributed by atoms with van der Waals surface area (Å²) in [6, 6.07) is 8.55. The van der Waals surface area contributed by atoms with Crippen molar-refractivity contribution in [3.05, 3.63) is 46.7 Å². The van der Waals surface area contributed by atoms with Gasteiger partial charge in [-0.2, -0.15) is 0 Å². The Bertz CT molecular complexity index is 737. The first-order valence-corrected chi connectivity index (χ1v) is 7.92. The van der Waals surface area contributed by atoms with Gasteiger partial charge in [-0.25, -0.2) is 9.97 Å². The highest BCUT2D eigenvalue weighted by molar-refractivity contribution is 7.09. The molecule has 1 aliphatic rings. The van der Waals surface area contributed by atoms with Crippen LogP contribution >= 0.6 is 11.3 Å². The average Bonchev–Trinajstić information content (AvgIpc) is 3.14. The third-order valence-corrected chi connectivity index (χ3v) is 4.49. The van der Waals surface area contributed by atoms with E-state index in [9.17, 15) is 0 Å². The van der Waals surface area contributed by atoms with Gasteiger partial charge in [0, 0.05) is 24.7 Å². The van der Waals surface area contributed by atoms with Crippen molar-refractivity contribution in [1.82, 2.24) is 19.9 Å². The van der Waals surface area contributed by atoms with Crippen molar-refractivity contribution < 1.29 is 4.74 Å². The third-order valence-electron chi connectivity index (χ3n) is 3.72. The SMILES string of the molecule is c1ccc2c(c1)nc1n2[C@@H](CNCc2nccs2)COC1. The minimum Gasteiger partial charge on any atom is -0.371 e. The van der Waals surface area contributed by atoms with Gasteiger partial charge in [-0.05, 0) is 12.1 Å². The highest BCUT2D eigenvalue weighted by Gasteiger charge is 2.23. The van der Waals surface area contributed by atoms with E-state index in [1.165, 1.54) is 5.52 Å². The van der Waals surface area contributed by atoms with Gasteiger partial charge >= 0.3 is 0 Å². The number of fused-ring (bicyclic) bond motifs is 3. The number of benzene rings is 1. The van der Waals surface area contributed by atoms with Crippen LogP contribution in [0.15, 0.2) is 35.8 Å². The fraction of sp³-hybridized carbons (Fsp3) is 0.333. The van der Waals surface area contributed by atoms with Crippen molar-refractivity contribution in [2.24, 2.45) is 0 Å². The van der Waals surface area contributed by atoms with E-state index in [0.717, 1.165) is 36.0 Å². The molecule has 0 saturated carbocycles. The Morgan fingerprint density at radius 1 is 1.38 bits per heavy atom. The van der Waals surface area contributed by atoms with Gasteiger partial charge in [0.15, 0.2) is 0 Å². The third kappa shape index (κ3) is 2.46. The van der Waals surface area contributed by atoms with E-state index in [4.69, 9.17) is 4.74 Å². The number of imidazole rings is 1. The van der Waals surface area contributed by atoms with Crippen LogP contribution < -0.4 is 5.32 Å². The van der Waals surface area contributed by atoms with E-state index in [2.05, 4.69) is 38.1 Å². The molecule has 0 amide bonds. The Balaban J connectivity index is 1.55. The summed E-state index contributed by atoms with van der Waals surface area (Å²) in [6.45, 7) is 2.97. The second-order valence-electron chi connectivity index (χ2n) is 5.11. The summed E-state index contributed by atoms with van der Waals surface area (Å²) < 4.78 is 8.00. The summed E-state index contributed by atoms with van der Waals surface area (Å²) in [6.07, 6.45) is 1.84. The van der Waals surface area contributed by atoms with E-state index < -0.39 is 0 Å². The van der Waals surface area contributed by atoms with Crippen LogP contribution in [0, 0.1) is 0 Å². The normalized spacial score (nSPS) is 18.0. The lowest BCUT2D eigenvalue weighted by molar-refractivity contribution is 0.0564. The highest BCUT2D eigenvalue weighted by Crippen LogP contribution is 2.25. The zero-order valence-electron chi connectivity index (χ0n) is 11.5. The van der Waals surface area contributed by atoms with E-state index in [0.29, 0.717) is 6.61 Å². The molecule has 5 nitrogen and oxygen atoms in total. The number of hydrogen-bond acceptors (Lipinski definition) is 5. The van der Waals surface area contributed by atoms with Gasteiger partial charge in [-0.3, -0.25) is 0 Å². The minimum absolute atomic E-state index is 0.279. The second kappa shape index (κ2) is 5.55. The second-order valence-corrected chi connectivity index (χ2v) is 6.09. The number of nitrogens with one attached hydrogen (secondary N) is 1. The van der Waals surface area contributed by atoms with Crippen LogP contribution in [0.2, 0.25) is 0 Å². The molecule has 1 aromatic carbocycles. The molecular weight excluding hydrogens is 284 g/mol. The summed E-state index contributed by atoms with van der Waals surface area (Å²) in [5.74, 6) is 1.02. The summed E-state index contributed by atoms with van der Waals surface area (Å²) >= 11 is 1.68. The number of hydrogen-bond donors (Lipinski definition) is 1. The van der Waals surface area contributed by atoms with Crippen LogP contribution in [0.4, 0.5) is 0 Å². The van der Waals surface area contributed by atoms with Crippen molar-refractivity contribution in [2.75, 3.05) is 13.2 Å². The van der Waals surface area contributed by atoms with Crippen molar-refractivity contribution in [1.29, 1.82) is 0 Å². The molecule has 0 saturated heterocycles. The molecule has 0 radical (unpaired) electrons. The van der Waals surface area contributed by atoms with Gasteiger partial charge in [0.05, 0.1) is 23.7 Å². The Labute approximate surface area is 126 Å². The molecular formula is C15H16N4OS. The molecule has 1 atom stereocenters. The summed E-state index contributed by atoms with van der Waals surface area (Å²) in [4.78, 5) is 8.95. The Kier molecular flexibility index (Phi) is 3.42. The maximum atomic E-state index is 5.69. The lowest BCUT2D eigenvalue weighted by Crippen LogP contribution is -2.32. The van der Waals surface area contributed by atoms with E-state index in [1.807, 2.05) is 17.6 Å². The van der Waals surface area contributed by atoms with Crippen LogP contribution in [0.25, 0.3) is 11.0 Å². The quantitative estimate of drug-likeness (QED) is 0.803. The molecule has 0 spiro atoms. The number of nitrogens with zero attached hydrogens (tertiary/aromatic N) is 3. The predicted molar refractivity (Wildman–Crippen MR) is 82.2 cm³/mol. The van der Waals surface area contributed by atoms with Crippen LogP contribution in [0.3, 0.4) is 0 Å². The number of aromatic nitrogens is 3. The standard InChI is InChI=1S/C15H16N4OS/c1-2-4-13-12(3-1)18-14-10-20-9-11(19(13)14)7-16-8-15-17-5-6-21-15/h1-6,11,16H,7-10H2/t11-/m0/s1. The van der Waals surface area contributed by atoms with Gasteiger partial charge in [0.25, 0.3) is 0 Å². The Morgan fingerprint density at radius 2 is 2.33 bits per heavy atom. The number of thiazole rings is 1. The molecule has 0 aliphatic carbocycles. The summed E-state index contributed by atoms with van der Waals surface area (Å²) in [5, 5.41) is 6.59. The zero-order chi connectivity index (χ0) is 14.1. The minimum atomic E-state index is 0.279. The van der Waals surface area contributed by atoms with Gasteiger partial charge in [-0.1, -0.05) is 12.1 Å². The Hall–Kier alpha value is -1.76. The largest absolute Gasteiger partial charge is 0.371 e. The maximum Gasteiger partial charge on any atom is 0.136 e. The fourth-order valence-electron chi connectivity index (χ4n) is 2.80. The molecule has 0 fully saturated rings. The van der Waals surface area contributed by atoms with E-state index in [-0.39, 0.29) is 6.04 Å². The topological polar surface area (TPSA) is 52.0 Å². The lowest BCUT2D eigenvalue weighted by Gasteiger charge is -2.26. The Morgan fingerprint density at radius 3 is 3.24 bits per heavy atom. The summed E-state index contributed by atoms with van der Waals surface area (Å²) in [5.41, 5.74) is 2.24. The molecule has 0 bridgehead atoms. The van der Waals surface area contributed by atoms with Crippen LogP contribution in [0.5, 0.6) is 0 Å². The van der Waals surface area contributed by atoms with Crippen molar-refractivity contribution in [2.45, 2.75) is 19.2 Å². The van der Waals surface area contributed by atoms with Gasteiger partial charge in [-0.15, -0.1) is 11.3 Å². The van der Waals surface area contributed by atoms with Gasteiger partial charge < -0.3 is 14.6 Å². The lowest BCUT2D eigenvalue weighted by atomic mass is 10.2. The molecule has 21 heavy (non-hydrogen) atoms. The molecule has 0 unspecified atom stereocenters. The van der Waals surface area contributed by atoms with Crippen LogP contribution in [-0.4, -0.2) is 27.7 Å². The monoisotopic (exact) mass is 300 g/mol. The smallest absolute Gasteiger partial charge is 0.136 e. The number of ether oxygens (including phenoxy) is 1. The molecule has 2 aromatic heterocycles. The maximum absolute atomic E-state index is 5.69. The average molecular weight is 300 g/mol. The number of rotatable bonds is 4. The van der Waals surface area contributed by atoms with Crippen molar-refractivity contribution in [3.63, 3.8) is 0 Å². The fourth-order valence-corrected chi connectivity index (χ4v) is 3.39. The van der Waals surface area contributed by atoms with E-state index >= 15 is 0 Å². The van der Waals surface area contributed by atoms with Gasteiger partial charge in [0.1, 0.15) is 17.4 Å². The molecule has 3 heterocycles. The van der Waals surface area contributed by atoms with Crippen molar-refractivity contribution in [3.8, 4) is 0 Å². The first-order valence-electron chi connectivity index (χ1n) is 7.04. The van der Waals surface area contributed by atoms with Gasteiger partial charge in [0.2, 0.25) is 0 Å². The van der Waals surface area contributed by atoms with E-state index in [1.54, 1.807) is 11.3 Å². The molecule has 108 valence electrons. The first-order chi connectivity index (χ1) is 10.4. The first kappa shape index (κ1) is 12.9. The van der Waals surface area contributed by atoms with Crippen molar-refractivity contribution >= 4 is 22.4 Å². The van der Waals surface area contributed by atoms with Crippen LogP contribution in [0.1, 0.15) is 16.9 Å².